The molecule has 0 fully saturated rings. The topological polar surface area (TPSA) is 51.2 Å². The van der Waals surface area contributed by atoms with Crippen LogP contribution in [0.2, 0.25) is 0 Å². The Morgan fingerprint density at radius 1 is 1.39 bits per heavy atom. The van der Waals surface area contributed by atoms with E-state index < -0.39 is 11.7 Å². The number of aryl methyl sites for hydroxylation is 1. The number of carbonyl (C=O) groups excluding carboxylic acids is 1. The molecule has 23 heavy (non-hydrogen) atoms. The average Bonchev–Trinajstić information content (AvgIpc) is 2.91. The number of ether oxygens (including phenoxy) is 1. The van der Waals surface area contributed by atoms with E-state index in [1.807, 2.05) is 27.0 Å². The molecule has 4 nitrogen and oxygen atoms in total. The first-order valence-corrected chi connectivity index (χ1v) is 9.17. The number of benzene rings is 1. The van der Waals surface area contributed by atoms with Crippen molar-refractivity contribution in [1.82, 2.24) is 10.3 Å². The van der Waals surface area contributed by atoms with Gasteiger partial charge >= 0.3 is 6.09 Å². The lowest BCUT2D eigenvalue weighted by atomic mass is 10.2. The maximum absolute atomic E-state index is 11.6. The first kappa shape index (κ1) is 17.8. The minimum absolute atomic E-state index is 0.384. The normalized spacial score (nSPS) is 11.3. The molecule has 0 radical (unpaired) electrons. The summed E-state index contributed by atoms with van der Waals surface area (Å²) in [5.41, 5.74) is 0.837. The van der Waals surface area contributed by atoms with Crippen LogP contribution in [0.4, 0.5) is 4.79 Å². The summed E-state index contributed by atoms with van der Waals surface area (Å²) < 4.78 is 6.32. The Hall–Kier alpha value is -1.53. The van der Waals surface area contributed by atoms with E-state index in [-0.39, 0.29) is 0 Å². The summed E-state index contributed by atoms with van der Waals surface area (Å²) >= 11 is 3.28. The zero-order chi connectivity index (χ0) is 16.9. The largest absolute Gasteiger partial charge is 0.444 e. The molecule has 2 aromatic rings. The number of nitrogens with one attached hydrogen (secondary N) is 1. The molecule has 1 heterocycles. The first-order valence-electron chi connectivity index (χ1n) is 7.54. The number of hydrogen-bond acceptors (Lipinski definition) is 5. The summed E-state index contributed by atoms with van der Waals surface area (Å²) in [7, 11) is 0. The Balaban J connectivity index is 1.89. The van der Waals surface area contributed by atoms with Crippen molar-refractivity contribution >= 4 is 29.2 Å². The van der Waals surface area contributed by atoms with Crippen molar-refractivity contribution < 1.29 is 9.53 Å². The molecule has 1 amide bonds. The zero-order valence-electron chi connectivity index (χ0n) is 13.9. The quantitative estimate of drug-likeness (QED) is 0.835. The molecule has 0 saturated carbocycles. The van der Waals surface area contributed by atoms with Crippen LogP contribution in [-0.4, -0.2) is 16.7 Å². The number of alkyl carbamates (subject to hydrolysis) is 1. The number of rotatable bonds is 5. The van der Waals surface area contributed by atoms with Gasteiger partial charge in [0.05, 0.1) is 17.0 Å². The molecule has 6 heteroatoms. The Morgan fingerprint density at radius 3 is 2.87 bits per heavy atom. The molecule has 0 bridgehead atoms. The summed E-state index contributed by atoms with van der Waals surface area (Å²) in [5, 5.41) is 3.59. The second kappa shape index (κ2) is 7.84. The highest BCUT2D eigenvalue weighted by molar-refractivity contribution is 8.01. The van der Waals surface area contributed by atoms with Crippen molar-refractivity contribution in [2.75, 3.05) is 0 Å². The van der Waals surface area contributed by atoms with Gasteiger partial charge in [-0.1, -0.05) is 30.8 Å². The zero-order valence-corrected chi connectivity index (χ0v) is 15.5. The number of aromatic nitrogens is 1. The molecule has 1 aromatic heterocycles. The molecule has 0 aliphatic heterocycles. The number of thiazole rings is 1. The standard InChI is InChI=1S/C17H22N2O2S2/c1-5-12-7-6-8-13(9-12)22-15-11-18-14(23-15)10-19-16(20)21-17(2,3)4/h6-9,11H,5,10H2,1-4H3,(H,19,20). The summed E-state index contributed by atoms with van der Waals surface area (Å²) in [5.74, 6) is 0. The minimum atomic E-state index is -0.488. The molecule has 1 aromatic carbocycles. The van der Waals surface area contributed by atoms with Crippen LogP contribution in [0, 0.1) is 0 Å². The molecule has 0 unspecified atom stereocenters. The Labute approximate surface area is 145 Å². The number of nitrogens with zero attached hydrogens (tertiary/aromatic N) is 1. The Bertz CT molecular complexity index is 663. The lowest BCUT2D eigenvalue weighted by molar-refractivity contribution is 0.0523. The Kier molecular flexibility index (Phi) is 6.07. The fraction of sp³-hybridized carbons (Fsp3) is 0.412. The van der Waals surface area contributed by atoms with Gasteiger partial charge in [0.1, 0.15) is 10.6 Å². The molecular formula is C17H22N2O2S2. The fourth-order valence-corrected chi connectivity index (χ4v) is 3.86. The number of carbonyl (C=O) groups is 1. The van der Waals surface area contributed by atoms with Crippen LogP contribution < -0.4 is 5.32 Å². The SMILES string of the molecule is CCc1cccc(Sc2cnc(CNC(=O)OC(C)(C)C)s2)c1. The second-order valence-electron chi connectivity index (χ2n) is 6.03. The third-order valence-corrected chi connectivity index (χ3v) is 4.93. The van der Waals surface area contributed by atoms with Gasteiger partial charge in [-0.2, -0.15) is 0 Å². The highest BCUT2D eigenvalue weighted by atomic mass is 32.2. The predicted molar refractivity (Wildman–Crippen MR) is 95.1 cm³/mol. The van der Waals surface area contributed by atoms with Crippen LogP contribution in [-0.2, 0) is 17.7 Å². The van der Waals surface area contributed by atoms with E-state index in [9.17, 15) is 4.79 Å². The van der Waals surface area contributed by atoms with E-state index >= 15 is 0 Å². The molecule has 1 N–H and O–H groups in total. The maximum Gasteiger partial charge on any atom is 0.408 e. The van der Waals surface area contributed by atoms with E-state index in [4.69, 9.17) is 4.74 Å². The summed E-state index contributed by atoms with van der Waals surface area (Å²) in [6.07, 6.45) is 2.46. The van der Waals surface area contributed by atoms with Crippen molar-refractivity contribution in [3.05, 3.63) is 41.0 Å². The van der Waals surface area contributed by atoms with Crippen molar-refractivity contribution in [2.24, 2.45) is 0 Å². The maximum atomic E-state index is 11.6. The van der Waals surface area contributed by atoms with E-state index in [2.05, 4.69) is 41.5 Å². The molecule has 0 aliphatic carbocycles. The molecule has 0 saturated heterocycles. The predicted octanol–water partition coefficient (Wildman–Crippen LogP) is 4.88. The van der Waals surface area contributed by atoms with Gasteiger partial charge in [-0.15, -0.1) is 11.3 Å². The monoisotopic (exact) mass is 350 g/mol. The van der Waals surface area contributed by atoms with Crippen LogP contribution in [0.3, 0.4) is 0 Å². The van der Waals surface area contributed by atoms with Gasteiger partial charge in [0, 0.05) is 4.90 Å². The lowest BCUT2D eigenvalue weighted by Gasteiger charge is -2.19. The number of amides is 1. The lowest BCUT2D eigenvalue weighted by Crippen LogP contribution is -2.32. The number of hydrogen-bond donors (Lipinski definition) is 1. The van der Waals surface area contributed by atoms with Crippen LogP contribution in [0.5, 0.6) is 0 Å². The van der Waals surface area contributed by atoms with Gasteiger partial charge in [-0.3, -0.25) is 0 Å². The highest BCUT2D eigenvalue weighted by Crippen LogP contribution is 2.32. The van der Waals surface area contributed by atoms with Crippen LogP contribution in [0.15, 0.2) is 39.6 Å². The van der Waals surface area contributed by atoms with Gasteiger partial charge in [0.25, 0.3) is 0 Å². The van der Waals surface area contributed by atoms with E-state index in [0.717, 1.165) is 15.6 Å². The van der Waals surface area contributed by atoms with Crippen molar-refractivity contribution in [3.63, 3.8) is 0 Å². The van der Waals surface area contributed by atoms with Crippen molar-refractivity contribution in [2.45, 2.75) is 55.4 Å². The van der Waals surface area contributed by atoms with Gasteiger partial charge in [-0.05, 0) is 44.9 Å². The van der Waals surface area contributed by atoms with Crippen molar-refractivity contribution in [1.29, 1.82) is 0 Å². The molecule has 0 spiro atoms. The van der Waals surface area contributed by atoms with Gasteiger partial charge in [0.15, 0.2) is 0 Å². The van der Waals surface area contributed by atoms with Crippen LogP contribution >= 0.6 is 23.1 Å². The summed E-state index contributed by atoms with van der Waals surface area (Å²) in [6.45, 7) is 8.06. The molecule has 2 rings (SSSR count). The fourth-order valence-electron chi connectivity index (χ4n) is 1.83. The van der Waals surface area contributed by atoms with E-state index in [1.54, 1.807) is 23.1 Å². The van der Waals surface area contributed by atoms with Crippen LogP contribution in [0.25, 0.3) is 0 Å². The summed E-state index contributed by atoms with van der Waals surface area (Å²) in [4.78, 5) is 17.2. The smallest absolute Gasteiger partial charge is 0.408 e. The third kappa shape index (κ3) is 6.23. The average molecular weight is 351 g/mol. The van der Waals surface area contributed by atoms with Gasteiger partial charge in [-0.25, -0.2) is 9.78 Å². The molecular weight excluding hydrogens is 328 g/mol. The van der Waals surface area contributed by atoms with Crippen molar-refractivity contribution in [3.8, 4) is 0 Å². The van der Waals surface area contributed by atoms with Crippen LogP contribution in [0.1, 0.15) is 38.3 Å². The third-order valence-electron chi connectivity index (χ3n) is 2.84. The second-order valence-corrected chi connectivity index (χ2v) is 8.52. The first-order chi connectivity index (χ1) is 10.9. The van der Waals surface area contributed by atoms with E-state index in [1.165, 1.54) is 10.5 Å². The molecule has 0 atom stereocenters. The van der Waals surface area contributed by atoms with Gasteiger partial charge in [0.2, 0.25) is 0 Å². The highest BCUT2D eigenvalue weighted by Gasteiger charge is 2.16. The molecule has 124 valence electrons. The Morgan fingerprint density at radius 2 is 2.17 bits per heavy atom. The van der Waals surface area contributed by atoms with Gasteiger partial charge < -0.3 is 10.1 Å². The minimum Gasteiger partial charge on any atom is -0.444 e. The van der Waals surface area contributed by atoms with E-state index in [0.29, 0.717) is 6.54 Å². The summed E-state index contributed by atoms with van der Waals surface area (Å²) in [6, 6.07) is 8.51. The molecule has 0 aliphatic rings.